The zero-order valence-electron chi connectivity index (χ0n) is 23.0. The van der Waals surface area contributed by atoms with E-state index in [1.807, 2.05) is 75.4 Å². The minimum Gasteiger partial charge on any atom is -0.330 e. The predicted molar refractivity (Wildman–Crippen MR) is 152 cm³/mol. The zero-order chi connectivity index (χ0) is 28.1. The molecule has 0 aliphatic heterocycles. The van der Waals surface area contributed by atoms with E-state index < -0.39 is 11.9 Å². The molecule has 39 heavy (non-hydrogen) atoms. The van der Waals surface area contributed by atoms with Crippen LogP contribution in [0, 0.1) is 25.6 Å². The van der Waals surface area contributed by atoms with E-state index in [1.54, 1.807) is 28.5 Å². The molecule has 0 spiro atoms. The van der Waals surface area contributed by atoms with Gasteiger partial charge in [-0.2, -0.15) is 4.68 Å². The number of nitrogens with zero attached hydrogens (tertiary/aromatic N) is 4. The third kappa shape index (κ3) is 6.17. The third-order valence-corrected chi connectivity index (χ3v) is 6.84. The average molecular weight is 530 g/mol. The first-order valence-corrected chi connectivity index (χ1v) is 13.3. The van der Waals surface area contributed by atoms with E-state index in [9.17, 15) is 14.0 Å². The summed E-state index contributed by atoms with van der Waals surface area (Å²) in [5.74, 6) is -0.405. The lowest BCUT2D eigenvalue weighted by Crippen LogP contribution is -2.41. The average Bonchev–Trinajstić information content (AvgIpc) is 3.23. The molecule has 0 saturated carbocycles. The first kappa shape index (κ1) is 28.0. The summed E-state index contributed by atoms with van der Waals surface area (Å²) in [6.07, 6.45) is 0.546. The van der Waals surface area contributed by atoms with Crippen molar-refractivity contribution < 1.29 is 9.18 Å². The topological polar surface area (TPSA) is 86.2 Å². The molecular weight excluding hydrogens is 493 g/mol. The molecule has 0 aliphatic carbocycles. The van der Waals surface area contributed by atoms with Crippen molar-refractivity contribution in [2.75, 3.05) is 13.1 Å². The fraction of sp³-hybridized carbons (Fsp3) is 0.323. The molecule has 0 aliphatic rings. The van der Waals surface area contributed by atoms with Crippen molar-refractivity contribution in [2.24, 2.45) is 11.7 Å². The molecule has 0 radical (unpaired) electrons. The van der Waals surface area contributed by atoms with Gasteiger partial charge < -0.3 is 10.6 Å². The Bertz CT molecular complexity index is 1490. The summed E-state index contributed by atoms with van der Waals surface area (Å²) < 4.78 is 17.5. The van der Waals surface area contributed by atoms with Gasteiger partial charge in [-0.25, -0.2) is 9.18 Å². The van der Waals surface area contributed by atoms with Crippen molar-refractivity contribution in [2.45, 2.75) is 46.7 Å². The van der Waals surface area contributed by atoms with Crippen LogP contribution in [0.4, 0.5) is 4.39 Å². The van der Waals surface area contributed by atoms with Crippen molar-refractivity contribution >= 4 is 5.91 Å². The minimum atomic E-state index is -0.559. The largest absolute Gasteiger partial charge is 0.351 e. The van der Waals surface area contributed by atoms with Crippen LogP contribution in [0.25, 0.3) is 5.69 Å². The van der Waals surface area contributed by atoms with Crippen LogP contribution >= 0.6 is 0 Å². The fourth-order valence-corrected chi connectivity index (χ4v) is 4.79. The summed E-state index contributed by atoms with van der Waals surface area (Å²) in [6, 6.07) is 21.2. The molecule has 0 fully saturated rings. The summed E-state index contributed by atoms with van der Waals surface area (Å²) in [4.78, 5) is 29.5. The second-order valence-corrected chi connectivity index (χ2v) is 10.3. The maximum atomic E-state index is 14.5. The third-order valence-electron chi connectivity index (χ3n) is 6.84. The first-order valence-electron chi connectivity index (χ1n) is 13.3. The number of hydrogen-bond acceptors (Lipinski definition) is 4. The summed E-state index contributed by atoms with van der Waals surface area (Å²) in [7, 11) is 0. The molecule has 0 saturated heterocycles. The van der Waals surface area contributed by atoms with Gasteiger partial charge in [0.25, 0.3) is 5.91 Å². The summed E-state index contributed by atoms with van der Waals surface area (Å²) in [5, 5.41) is 4.84. The molecule has 2 N–H and O–H groups in total. The molecule has 4 rings (SSSR count). The standard InChI is InChI=1S/C31H36FN5O2/c1-21(2)28(35(17-9-16-33)30(38)25-15-14-23(4)27(32)19-25)29-34-37(26-13-8-10-22(3)18-26)31(39)36(29)20-24-11-6-5-7-12-24/h5-8,10-15,18-19,21,28H,9,16-17,20,33H2,1-4H3. The fourth-order valence-electron chi connectivity index (χ4n) is 4.79. The lowest BCUT2D eigenvalue weighted by atomic mass is 9.99. The van der Waals surface area contributed by atoms with Crippen molar-refractivity contribution in [3.8, 4) is 5.69 Å². The van der Waals surface area contributed by atoms with E-state index >= 15 is 0 Å². The molecule has 1 amide bonds. The van der Waals surface area contributed by atoms with E-state index in [-0.39, 0.29) is 23.1 Å². The number of amides is 1. The van der Waals surface area contributed by atoms with Gasteiger partial charge in [0.2, 0.25) is 0 Å². The molecule has 1 unspecified atom stereocenters. The number of hydrogen-bond donors (Lipinski definition) is 1. The lowest BCUT2D eigenvalue weighted by Gasteiger charge is -2.34. The van der Waals surface area contributed by atoms with Crippen LogP contribution in [0.2, 0.25) is 0 Å². The lowest BCUT2D eigenvalue weighted by molar-refractivity contribution is 0.0603. The Kier molecular flexibility index (Phi) is 8.76. The summed E-state index contributed by atoms with van der Waals surface area (Å²) >= 11 is 0. The Hall–Kier alpha value is -4.04. The van der Waals surface area contributed by atoms with E-state index in [4.69, 9.17) is 10.8 Å². The highest BCUT2D eigenvalue weighted by Crippen LogP contribution is 2.30. The Labute approximate surface area is 228 Å². The smallest absolute Gasteiger partial charge is 0.330 e. The van der Waals surface area contributed by atoms with Crippen LogP contribution in [0.3, 0.4) is 0 Å². The molecule has 8 heteroatoms. The quantitative estimate of drug-likeness (QED) is 0.312. The number of carbonyl (C=O) groups is 1. The molecule has 3 aromatic carbocycles. The van der Waals surface area contributed by atoms with Crippen LogP contribution in [0.15, 0.2) is 77.6 Å². The molecule has 1 atom stereocenters. The molecule has 1 aromatic heterocycles. The zero-order valence-corrected chi connectivity index (χ0v) is 23.0. The highest BCUT2D eigenvalue weighted by Gasteiger charge is 2.34. The van der Waals surface area contributed by atoms with Gasteiger partial charge in [-0.05, 0) is 73.7 Å². The Balaban J connectivity index is 1.89. The van der Waals surface area contributed by atoms with Gasteiger partial charge in [0.05, 0.1) is 18.3 Å². The first-order chi connectivity index (χ1) is 18.7. The molecular formula is C31H36FN5O2. The second kappa shape index (κ2) is 12.2. The number of carbonyl (C=O) groups excluding carboxylic acids is 1. The molecule has 204 valence electrons. The summed E-state index contributed by atoms with van der Waals surface area (Å²) in [6.45, 7) is 8.62. The van der Waals surface area contributed by atoms with Gasteiger partial charge in [0.15, 0.2) is 5.82 Å². The van der Waals surface area contributed by atoms with Gasteiger partial charge in [-0.1, -0.05) is 62.4 Å². The Morgan fingerprint density at radius 2 is 1.77 bits per heavy atom. The van der Waals surface area contributed by atoms with Crippen molar-refractivity contribution in [3.05, 3.63) is 117 Å². The van der Waals surface area contributed by atoms with Crippen LogP contribution in [0.1, 0.15) is 59.2 Å². The van der Waals surface area contributed by atoms with E-state index in [1.165, 1.54) is 10.7 Å². The van der Waals surface area contributed by atoms with Gasteiger partial charge in [-0.15, -0.1) is 5.10 Å². The van der Waals surface area contributed by atoms with Crippen LogP contribution in [-0.2, 0) is 6.54 Å². The number of aromatic nitrogens is 3. The van der Waals surface area contributed by atoms with Crippen LogP contribution in [-0.4, -0.2) is 38.2 Å². The second-order valence-electron chi connectivity index (χ2n) is 10.3. The summed E-state index contributed by atoms with van der Waals surface area (Å²) in [5.41, 5.74) is 8.86. The number of nitrogens with two attached hydrogens (primary N) is 1. The van der Waals surface area contributed by atoms with E-state index in [0.717, 1.165) is 11.1 Å². The highest BCUT2D eigenvalue weighted by molar-refractivity contribution is 5.94. The number of benzene rings is 3. The molecule has 0 bridgehead atoms. The van der Waals surface area contributed by atoms with Gasteiger partial charge >= 0.3 is 5.69 Å². The maximum Gasteiger partial charge on any atom is 0.351 e. The number of rotatable bonds is 10. The van der Waals surface area contributed by atoms with Gasteiger partial charge in [0.1, 0.15) is 5.82 Å². The van der Waals surface area contributed by atoms with E-state index in [0.29, 0.717) is 43.1 Å². The predicted octanol–water partition coefficient (Wildman–Crippen LogP) is 5.03. The van der Waals surface area contributed by atoms with Crippen molar-refractivity contribution in [3.63, 3.8) is 0 Å². The maximum absolute atomic E-state index is 14.5. The van der Waals surface area contributed by atoms with Crippen molar-refractivity contribution in [1.82, 2.24) is 19.2 Å². The minimum absolute atomic E-state index is 0.107. The number of halogens is 1. The van der Waals surface area contributed by atoms with Gasteiger partial charge in [0, 0.05) is 12.1 Å². The van der Waals surface area contributed by atoms with Gasteiger partial charge in [-0.3, -0.25) is 9.36 Å². The Morgan fingerprint density at radius 1 is 1.03 bits per heavy atom. The highest BCUT2D eigenvalue weighted by atomic mass is 19.1. The number of aryl methyl sites for hydroxylation is 2. The SMILES string of the molecule is Cc1cccc(-n2nc(C(C(C)C)N(CCCN)C(=O)c3ccc(C)c(F)c3)n(Cc3ccccc3)c2=O)c1. The van der Waals surface area contributed by atoms with Crippen molar-refractivity contribution in [1.29, 1.82) is 0 Å². The van der Waals surface area contributed by atoms with Crippen LogP contribution < -0.4 is 11.4 Å². The molecule has 1 heterocycles. The molecule has 7 nitrogen and oxygen atoms in total. The molecule has 4 aromatic rings. The normalized spacial score (nSPS) is 12.1. The van der Waals surface area contributed by atoms with E-state index in [2.05, 4.69) is 0 Å². The van der Waals surface area contributed by atoms with Crippen LogP contribution in [0.5, 0.6) is 0 Å². The monoisotopic (exact) mass is 529 g/mol. The Morgan fingerprint density at radius 3 is 2.41 bits per heavy atom.